The van der Waals surface area contributed by atoms with E-state index >= 15 is 0 Å². The molecule has 4 heteroatoms. The van der Waals surface area contributed by atoms with E-state index in [1.54, 1.807) is 0 Å². The van der Waals surface area contributed by atoms with Gasteiger partial charge in [-0.2, -0.15) is 0 Å². The van der Waals surface area contributed by atoms with E-state index in [9.17, 15) is 4.79 Å². The quantitative estimate of drug-likeness (QED) is 0.875. The highest BCUT2D eigenvalue weighted by molar-refractivity contribution is 5.66. The predicted octanol–water partition coefficient (Wildman–Crippen LogP) is 4.48. The zero-order valence-electron chi connectivity index (χ0n) is 14.6. The fraction of sp³-hybridized carbons (Fsp3) is 0.350. The average molecular weight is 324 g/mol. The van der Waals surface area contributed by atoms with Crippen molar-refractivity contribution in [2.45, 2.75) is 38.3 Å². The molecule has 1 heterocycles. The minimum atomic E-state index is -1.00. The van der Waals surface area contributed by atoms with Crippen molar-refractivity contribution >= 4 is 11.8 Å². The number of hydrogen-bond acceptors (Lipinski definition) is 2. The molecule has 2 atom stereocenters. The minimum Gasteiger partial charge on any atom is -0.465 e. The van der Waals surface area contributed by atoms with Crippen molar-refractivity contribution in [2.75, 3.05) is 11.9 Å². The molecule has 2 aromatic rings. The molecule has 2 N–H and O–H groups in total. The lowest BCUT2D eigenvalue weighted by atomic mass is 9.77. The van der Waals surface area contributed by atoms with Crippen LogP contribution in [0.2, 0.25) is 0 Å². The summed E-state index contributed by atoms with van der Waals surface area (Å²) in [6.45, 7) is 6.41. The van der Waals surface area contributed by atoms with Gasteiger partial charge in [-0.3, -0.25) is 0 Å². The molecule has 126 valence electrons. The molecule has 0 saturated carbocycles. The Balaban J connectivity index is 2.00. The lowest BCUT2D eigenvalue weighted by molar-refractivity contribution is 0.191. The summed E-state index contributed by atoms with van der Waals surface area (Å²) in [6, 6.07) is 16.7. The lowest BCUT2D eigenvalue weighted by Gasteiger charge is -2.33. The smallest absolute Gasteiger partial charge is 0.405 e. The molecule has 4 nitrogen and oxygen atoms in total. The lowest BCUT2D eigenvalue weighted by Crippen LogP contribution is -2.31. The highest BCUT2D eigenvalue weighted by Gasteiger charge is 2.43. The van der Waals surface area contributed by atoms with Gasteiger partial charge >= 0.3 is 6.09 Å². The molecular weight excluding hydrogens is 300 g/mol. The Morgan fingerprint density at radius 3 is 2.58 bits per heavy atom. The number of amides is 1. The monoisotopic (exact) mass is 324 g/mol. The summed E-state index contributed by atoms with van der Waals surface area (Å²) >= 11 is 0. The molecule has 24 heavy (non-hydrogen) atoms. The van der Waals surface area contributed by atoms with Crippen LogP contribution in [0.3, 0.4) is 0 Å². The van der Waals surface area contributed by atoms with Gasteiger partial charge in [-0.25, -0.2) is 4.79 Å². The average Bonchev–Trinajstić information content (AvgIpc) is 2.74. The molecule has 1 amide bonds. The van der Waals surface area contributed by atoms with Gasteiger partial charge in [0.15, 0.2) is 0 Å². The number of carboxylic acid groups (broad SMARTS) is 1. The SMILES string of the molecule is CC(NC(=O)O)c1cccc(C2N(C)c3ccccc3C2(C)C)c1. The molecule has 0 fully saturated rings. The molecule has 0 bridgehead atoms. The van der Waals surface area contributed by atoms with Crippen LogP contribution in [-0.2, 0) is 5.41 Å². The predicted molar refractivity (Wildman–Crippen MR) is 96.6 cm³/mol. The number of rotatable bonds is 3. The summed E-state index contributed by atoms with van der Waals surface area (Å²) < 4.78 is 0. The second-order valence-corrected chi connectivity index (χ2v) is 7.09. The van der Waals surface area contributed by atoms with Crippen LogP contribution in [0.4, 0.5) is 10.5 Å². The Kier molecular flexibility index (Phi) is 3.99. The van der Waals surface area contributed by atoms with Crippen molar-refractivity contribution in [3.05, 3.63) is 65.2 Å². The van der Waals surface area contributed by atoms with E-state index in [0.717, 1.165) is 5.56 Å². The molecule has 1 aliphatic heterocycles. The fourth-order valence-electron chi connectivity index (χ4n) is 4.00. The second kappa shape index (κ2) is 5.86. The Labute approximate surface area is 143 Å². The number of para-hydroxylation sites is 1. The Morgan fingerprint density at radius 2 is 1.92 bits per heavy atom. The van der Waals surface area contributed by atoms with Crippen LogP contribution in [0.1, 0.15) is 49.5 Å². The van der Waals surface area contributed by atoms with Crippen LogP contribution in [0, 0.1) is 0 Å². The first-order valence-electron chi connectivity index (χ1n) is 8.24. The molecule has 0 spiro atoms. The third-order valence-corrected chi connectivity index (χ3v) is 5.12. The van der Waals surface area contributed by atoms with Gasteiger partial charge in [0.2, 0.25) is 0 Å². The number of nitrogens with zero attached hydrogens (tertiary/aromatic N) is 1. The van der Waals surface area contributed by atoms with Crippen molar-refractivity contribution in [1.29, 1.82) is 0 Å². The number of benzene rings is 2. The highest BCUT2D eigenvalue weighted by Crippen LogP contribution is 2.51. The number of nitrogens with one attached hydrogen (secondary N) is 1. The summed E-state index contributed by atoms with van der Waals surface area (Å²) in [7, 11) is 2.13. The summed E-state index contributed by atoms with van der Waals surface area (Å²) in [5, 5.41) is 11.5. The first-order chi connectivity index (χ1) is 11.3. The van der Waals surface area contributed by atoms with Gasteiger partial charge in [0.05, 0.1) is 12.1 Å². The molecule has 2 aromatic carbocycles. The van der Waals surface area contributed by atoms with Gasteiger partial charge in [-0.05, 0) is 29.7 Å². The first-order valence-corrected chi connectivity index (χ1v) is 8.24. The summed E-state index contributed by atoms with van der Waals surface area (Å²) in [4.78, 5) is 13.2. The first kappa shape index (κ1) is 16.4. The zero-order valence-corrected chi connectivity index (χ0v) is 14.6. The maximum Gasteiger partial charge on any atom is 0.405 e. The maximum atomic E-state index is 10.9. The van der Waals surface area contributed by atoms with Crippen molar-refractivity contribution in [1.82, 2.24) is 5.32 Å². The Bertz CT molecular complexity index is 770. The summed E-state index contributed by atoms with van der Waals surface area (Å²) in [5.41, 5.74) is 4.77. The van der Waals surface area contributed by atoms with Gasteiger partial charge in [0.1, 0.15) is 0 Å². The van der Waals surface area contributed by atoms with Crippen LogP contribution in [0.25, 0.3) is 0 Å². The second-order valence-electron chi connectivity index (χ2n) is 7.09. The zero-order chi connectivity index (χ0) is 17.5. The largest absolute Gasteiger partial charge is 0.465 e. The van der Waals surface area contributed by atoms with Crippen LogP contribution >= 0.6 is 0 Å². The molecule has 0 aliphatic carbocycles. The Hall–Kier alpha value is -2.49. The molecule has 3 rings (SSSR count). The molecule has 0 radical (unpaired) electrons. The van der Waals surface area contributed by atoms with E-state index in [1.165, 1.54) is 16.8 Å². The van der Waals surface area contributed by atoms with Crippen LogP contribution in [0.5, 0.6) is 0 Å². The highest BCUT2D eigenvalue weighted by atomic mass is 16.4. The van der Waals surface area contributed by atoms with Crippen molar-refractivity contribution in [3.63, 3.8) is 0 Å². The van der Waals surface area contributed by atoms with Gasteiger partial charge in [-0.1, -0.05) is 56.3 Å². The van der Waals surface area contributed by atoms with Gasteiger partial charge in [0.25, 0.3) is 0 Å². The van der Waals surface area contributed by atoms with Crippen LogP contribution in [0.15, 0.2) is 48.5 Å². The Morgan fingerprint density at radius 1 is 1.21 bits per heavy atom. The van der Waals surface area contributed by atoms with Crippen molar-refractivity contribution < 1.29 is 9.90 Å². The maximum absolute atomic E-state index is 10.9. The third kappa shape index (κ3) is 2.62. The molecule has 2 unspecified atom stereocenters. The van der Waals surface area contributed by atoms with E-state index < -0.39 is 6.09 Å². The molecule has 0 saturated heterocycles. The third-order valence-electron chi connectivity index (χ3n) is 5.12. The van der Waals surface area contributed by atoms with Crippen molar-refractivity contribution in [3.8, 4) is 0 Å². The normalized spacial score (nSPS) is 19.7. The van der Waals surface area contributed by atoms with Gasteiger partial charge in [0, 0.05) is 18.2 Å². The van der Waals surface area contributed by atoms with E-state index in [4.69, 9.17) is 5.11 Å². The van der Waals surface area contributed by atoms with Gasteiger partial charge < -0.3 is 15.3 Å². The molecular formula is C20H24N2O2. The number of fused-ring (bicyclic) bond motifs is 1. The topological polar surface area (TPSA) is 52.6 Å². The van der Waals surface area contributed by atoms with E-state index in [0.29, 0.717) is 0 Å². The van der Waals surface area contributed by atoms with E-state index in [-0.39, 0.29) is 17.5 Å². The van der Waals surface area contributed by atoms with Crippen LogP contribution < -0.4 is 10.2 Å². The van der Waals surface area contributed by atoms with Gasteiger partial charge in [-0.15, -0.1) is 0 Å². The molecule has 1 aliphatic rings. The number of hydrogen-bond donors (Lipinski definition) is 2. The summed E-state index contributed by atoms with van der Waals surface area (Å²) in [6.07, 6.45) is -1.00. The van der Waals surface area contributed by atoms with Crippen LogP contribution in [-0.4, -0.2) is 18.2 Å². The number of likely N-dealkylation sites (N-methyl/N-ethyl adjacent to an activating group) is 1. The van der Waals surface area contributed by atoms with Crippen molar-refractivity contribution in [2.24, 2.45) is 0 Å². The van der Waals surface area contributed by atoms with E-state index in [1.807, 2.05) is 19.1 Å². The number of anilines is 1. The molecule has 0 aromatic heterocycles. The fourth-order valence-corrected chi connectivity index (χ4v) is 4.00. The summed E-state index contributed by atoms with van der Waals surface area (Å²) in [5.74, 6) is 0. The van der Waals surface area contributed by atoms with E-state index in [2.05, 4.69) is 67.5 Å². The minimum absolute atomic E-state index is 0.0204. The number of carbonyl (C=O) groups is 1. The standard InChI is InChI=1S/C20H24N2O2/c1-13(21-19(23)24)14-8-7-9-15(12-14)18-20(2,3)16-10-5-6-11-17(16)22(18)4/h5-13,18,21H,1-4H3,(H,23,24).